The van der Waals surface area contributed by atoms with Crippen LogP contribution in [0.2, 0.25) is 0 Å². The second kappa shape index (κ2) is 18.1. The van der Waals surface area contributed by atoms with Crippen molar-refractivity contribution in [3.63, 3.8) is 0 Å². The van der Waals surface area contributed by atoms with Crippen molar-refractivity contribution in [2.75, 3.05) is 72.0 Å². The number of aliphatic hydroxyl groups is 2. The third kappa shape index (κ3) is 8.66. The minimum atomic E-state index is -1.66. The van der Waals surface area contributed by atoms with Gasteiger partial charge in [0.15, 0.2) is 34.1 Å². The van der Waals surface area contributed by atoms with E-state index in [-0.39, 0.29) is 23.2 Å². The van der Waals surface area contributed by atoms with Crippen molar-refractivity contribution in [3.05, 3.63) is 84.6 Å². The van der Waals surface area contributed by atoms with Crippen molar-refractivity contribution in [1.29, 1.82) is 0 Å². The lowest BCUT2D eigenvalue weighted by Gasteiger charge is -2.30. The Morgan fingerprint density at radius 1 is 0.452 bits per heavy atom. The van der Waals surface area contributed by atoms with Gasteiger partial charge in [-0.05, 0) is 104 Å². The molecule has 2 N–H and O–H groups in total. The number of fused-ring (bicyclic) bond motifs is 4. The van der Waals surface area contributed by atoms with E-state index < -0.39 is 11.6 Å². The van der Waals surface area contributed by atoms with Gasteiger partial charge in [0.25, 0.3) is 11.6 Å². The zero-order valence-electron chi connectivity index (χ0n) is 37.7. The topological polar surface area (TPSA) is 149 Å². The van der Waals surface area contributed by atoms with Crippen LogP contribution in [-0.2, 0) is 0 Å². The third-order valence-corrected chi connectivity index (χ3v) is 11.5. The van der Waals surface area contributed by atoms with Gasteiger partial charge < -0.3 is 48.1 Å². The minimum Gasteiger partial charge on any atom is -0.454 e. The number of ether oxygens (including phenoxy) is 2. The van der Waals surface area contributed by atoms with E-state index in [1.807, 2.05) is 72.8 Å². The summed E-state index contributed by atoms with van der Waals surface area (Å²) >= 11 is 0. The molecule has 2 aliphatic heterocycles. The van der Waals surface area contributed by atoms with Crippen LogP contribution in [0.3, 0.4) is 0 Å². The molecule has 6 aromatic rings. The molecular formula is C48H60N8O6. The SMILES string of the molecule is CCN(CC)c1ccc2c(c1)O[C@@](C)(O)C(c1nc3ccc(N(CC)CC)cc3o1)=N2.CCN(CC)c1ccc2c(c1)O[C@](C)(O)C(c1nc3ccc(N(CC)CC)cc3o1)=N2. The van der Waals surface area contributed by atoms with E-state index >= 15 is 0 Å². The summed E-state index contributed by atoms with van der Waals surface area (Å²) in [5, 5.41) is 22.1. The summed E-state index contributed by atoms with van der Waals surface area (Å²) in [4.78, 5) is 27.4. The highest BCUT2D eigenvalue weighted by Gasteiger charge is 2.40. The lowest BCUT2D eigenvalue weighted by atomic mass is 10.1. The molecule has 8 rings (SSSR count). The number of benzene rings is 4. The zero-order valence-corrected chi connectivity index (χ0v) is 37.7. The molecule has 14 nitrogen and oxygen atoms in total. The van der Waals surface area contributed by atoms with Crippen LogP contribution in [0.1, 0.15) is 81.0 Å². The summed E-state index contributed by atoms with van der Waals surface area (Å²) in [6.45, 7) is 27.2. The second-order valence-electron chi connectivity index (χ2n) is 15.4. The molecule has 0 saturated heterocycles. The quantitative estimate of drug-likeness (QED) is 0.108. The molecule has 0 fully saturated rings. The number of hydrogen-bond acceptors (Lipinski definition) is 14. The van der Waals surface area contributed by atoms with E-state index in [4.69, 9.17) is 18.3 Å². The van der Waals surface area contributed by atoms with Gasteiger partial charge in [-0.2, -0.15) is 0 Å². The highest BCUT2D eigenvalue weighted by atomic mass is 16.6. The van der Waals surface area contributed by atoms with Gasteiger partial charge in [0.2, 0.25) is 11.8 Å². The average molecular weight is 845 g/mol. The van der Waals surface area contributed by atoms with Crippen molar-refractivity contribution in [1.82, 2.24) is 9.97 Å². The largest absolute Gasteiger partial charge is 0.454 e. The molecular weight excluding hydrogens is 785 g/mol. The highest BCUT2D eigenvalue weighted by Crippen LogP contribution is 2.41. The average Bonchev–Trinajstić information content (AvgIpc) is 3.88. The van der Waals surface area contributed by atoms with Gasteiger partial charge in [0.05, 0.1) is 0 Å². The first-order valence-electron chi connectivity index (χ1n) is 21.9. The van der Waals surface area contributed by atoms with Crippen LogP contribution in [0.4, 0.5) is 34.1 Å². The molecule has 0 aliphatic carbocycles. The normalized spacial score (nSPS) is 17.8. The Morgan fingerprint density at radius 3 is 1.08 bits per heavy atom. The van der Waals surface area contributed by atoms with Crippen LogP contribution in [0.5, 0.6) is 11.5 Å². The highest BCUT2D eigenvalue weighted by molar-refractivity contribution is 6.07. The summed E-state index contributed by atoms with van der Waals surface area (Å²) in [6, 6.07) is 23.5. The Morgan fingerprint density at radius 2 is 0.758 bits per heavy atom. The van der Waals surface area contributed by atoms with Crippen molar-refractivity contribution < 1.29 is 28.5 Å². The first-order valence-corrected chi connectivity index (χ1v) is 21.9. The summed E-state index contributed by atoms with van der Waals surface area (Å²) in [7, 11) is 0. The first kappa shape index (κ1) is 44.0. The molecule has 2 atom stereocenters. The molecule has 0 bridgehead atoms. The summed E-state index contributed by atoms with van der Waals surface area (Å²) in [6.07, 6.45) is 0. The summed E-state index contributed by atoms with van der Waals surface area (Å²) in [5.74, 6) is -1.71. The first-order chi connectivity index (χ1) is 29.8. The molecule has 2 aromatic heterocycles. The van der Waals surface area contributed by atoms with Crippen LogP contribution in [0, 0.1) is 0 Å². The van der Waals surface area contributed by atoms with Gasteiger partial charge in [-0.3, -0.25) is 0 Å². The van der Waals surface area contributed by atoms with Crippen molar-refractivity contribution >= 4 is 67.7 Å². The lowest BCUT2D eigenvalue weighted by Crippen LogP contribution is -2.43. The summed E-state index contributed by atoms with van der Waals surface area (Å²) < 4.78 is 23.9. The minimum absolute atomic E-state index is 0.259. The molecule has 4 heterocycles. The molecule has 0 radical (unpaired) electrons. The third-order valence-electron chi connectivity index (χ3n) is 11.5. The number of aliphatic imine (C=N–C) groups is 2. The Bertz CT molecular complexity index is 2400. The molecule has 2 aliphatic rings. The molecule has 0 spiro atoms. The molecule has 0 amide bonds. The molecule has 14 heteroatoms. The number of anilines is 4. The van der Waals surface area contributed by atoms with Crippen molar-refractivity contribution in [2.45, 2.75) is 80.8 Å². The predicted octanol–water partition coefficient (Wildman–Crippen LogP) is 9.48. The van der Waals surface area contributed by atoms with Crippen molar-refractivity contribution in [3.8, 4) is 11.5 Å². The van der Waals surface area contributed by atoms with E-state index in [2.05, 4.69) is 94.9 Å². The van der Waals surface area contributed by atoms with E-state index in [1.54, 1.807) is 13.8 Å². The van der Waals surface area contributed by atoms with Gasteiger partial charge >= 0.3 is 0 Å². The molecule has 328 valence electrons. The van der Waals surface area contributed by atoms with E-state index in [9.17, 15) is 10.2 Å². The van der Waals surface area contributed by atoms with Crippen LogP contribution >= 0.6 is 0 Å². The number of rotatable bonds is 14. The van der Waals surface area contributed by atoms with Crippen LogP contribution in [0.15, 0.2) is 91.6 Å². The standard InChI is InChI=1S/2C24H30N4O3/c2*1-6-27(7-2)16-10-12-18-20(14-16)30-23(26-18)22-24(5,29)31-21-15-17(28(8-3)9-4)11-13-19(21)25-22/h2*10-15,29H,6-9H2,1-5H3/t2*24-/m10/s1. The Labute approximate surface area is 364 Å². The number of aromatic nitrogens is 2. The molecule has 62 heavy (non-hydrogen) atoms. The summed E-state index contributed by atoms with van der Waals surface area (Å²) in [5.41, 5.74) is 8.75. The second-order valence-corrected chi connectivity index (χ2v) is 15.4. The molecule has 0 unspecified atom stereocenters. The number of nitrogens with zero attached hydrogens (tertiary/aromatic N) is 8. The smallest absolute Gasteiger partial charge is 0.254 e. The van der Waals surface area contributed by atoms with Gasteiger partial charge in [-0.15, -0.1) is 0 Å². The number of hydrogen-bond donors (Lipinski definition) is 2. The zero-order chi connectivity index (χ0) is 44.3. The van der Waals surface area contributed by atoms with E-state index in [0.717, 1.165) is 75.1 Å². The fourth-order valence-corrected chi connectivity index (χ4v) is 7.99. The van der Waals surface area contributed by atoms with Crippen LogP contribution < -0.4 is 29.1 Å². The maximum Gasteiger partial charge on any atom is 0.254 e. The van der Waals surface area contributed by atoms with Gasteiger partial charge in [-0.1, -0.05) is 0 Å². The van der Waals surface area contributed by atoms with Gasteiger partial charge in [0.1, 0.15) is 22.4 Å². The maximum atomic E-state index is 11.0. The molecule has 0 saturated carbocycles. The monoisotopic (exact) mass is 844 g/mol. The number of oxazole rings is 2. The Hall–Kier alpha value is -6.12. The van der Waals surface area contributed by atoms with Gasteiger partial charge in [0, 0.05) is 113 Å². The lowest BCUT2D eigenvalue weighted by molar-refractivity contribution is -0.0615. The molecule has 4 aromatic carbocycles. The maximum absolute atomic E-state index is 11.0. The Kier molecular flexibility index (Phi) is 12.8. The fourth-order valence-electron chi connectivity index (χ4n) is 7.99. The van der Waals surface area contributed by atoms with E-state index in [1.165, 1.54) is 0 Å². The van der Waals surface area contributed by atoms with Crippen LogP contribution in [-0.4, -0.2) is 95.5 Å². The van der Waals surface area contributed by atoms with E-state index in [0.29, 0.717) is 45.1 Å². The van der Waals surface area contributed by atoms with Crippen LogP contribution in [0.25, 0.3) is 22.2 Å². The predicted molar refractivity (Wildman–Crippen MR) is 250 cm³/mol. The van der Waals surface area contributed by atoms with Crippen molar-refractivity contribution in [2.24, 2.45) is 9.98 Å². The fraction of sp³-hybridized carbons (Fsp3) is 0.417. The van der Waals surface area contributed by atoms with Gasteiger partial charge in [-0.25, -0.2) is 20.0 Å². The Balaban J connectivity index is 0.000000186.